The average molecular weight is 256 g/mol. The number of rotatable bonds is 4. The van der Waals surface area contributed by atoms with E-state index in [4.69, 9.17) is 11.6 Å². The van der Waals surface area contributed by atoms with Crippen LogP contribution in [0, 0.1) is 0 Å². The zero-order valence-electron chi connectivity index (χ0n) is 9.27. The molecule has 5 heteroatoms. The summed E-state index contributed by atoms with van der Waals surface area (Å²) in [6.07, 6.45) is 3.92. The van der Waals surface area contributed by atoms with Gasteiger partial charge in [0.05, 0.1) is 16.6 Å². The van der Waals surface area contributed by atoms with Crippen molar-refractivity contribution in [2.45, 2.75) is 13.0 Å². The van der Waals surface area contributed by atoms with Crippen LogP contribution in [0.5, 0.6) is 0 Å². The monoisotopic (exact) mass is 255 g/mol. The molecule has 1 atom stereocenters. The number of hydrogen-bond acceptors (Lipinski definition) is 3. The Balaban J connectivity index is 2.30. The quantitative estimate of drug-likeness (QED) is 0.911. The van der Waals surface area contributed by atoms with Crippen molar-refractivity contribution < 1.29 is 0 Å². The highest BCUT2D eigenvalue weighted by Crippen LogP contribution is 2.30. The summed E-state index contributed by atoms with van der Waals surface area (Å²) in [6, 6.07) is 4.19. The lowest BCUT2D eigenvalue weighted by atomic mass is 10.1. The van der Waals surface area contributed by atoms with Crippen LogP contribution in [0.3, 0.4) is 0 Å². The van der Waals surface area contributed by atoms with Gasteiger partial charge in [-0.2, -0.15) is 5.10 Å². The molecule has 0 saturated heterocycles. The maximum Gasteiger partial charge on any atom is 0.0931 e. The van der Waals surface area contributed by atoms with Crippen molar-refractivity contribution in [2.24, 2.45) is 7.05 Å². The molecule has 1 unspecified atom stereocenters. The smallest absolute Gasteiger partial charge is 0.0931 e. The molecule has 0 bridgehead atoms. The molecule has 0 spiro atoms. The topological polar surface area (TPSA) is 29.9 Å². The second-order valence-electron chi connectivity index (χ2n) is 3.58. The van der Waals surface area contributed by atoms with Crippen LogP contribution < -0.4 is 5.32 Å². The van der Waals surface area contributed by atoms with E-state index in [1.807, 2.05) is 30.2 Å². The molecule has 86 valence electrons. The van der Waals surface area contributed by atoms with Crippen molar-refractivity contribution >= 4 is 22.9 Å². The number of aromatic nitrogens is 2. The lowest BCUT2D eigenvalue weighted by Gasteiger charge is -2.14. The molecule has 0 fully saturated rings. The van der Waals surface area contributed by atoms with Gasteiger partial charge < -0.3 is 5.32 Å². The minimum atomic E-state index is 0.191. The molecule has 0 aliphatic carbocycles. The second kappa shape index (κ2) is 4.99. The molecule has 2 aromatic rings. The molecule has 0 aromatic carbocycles. The normalized spacial score (nSPS) is 12.9. The average Bonchev–Trinajstić information content (AvgIpc) is 2.84. The first kappa shape index (κ1) is 11.6. The van der Waals surface area contributed by atoms with Gasteiger partial charge in [-0.15, -0.1) is 11.3 Å². The summed E-state index contributed by atoms with van der Waals surface area (Å²) < 4.78 is 2.64. The van der Waals surface area contributed by atoms with Gasteiger partial charge >= 0.3 is 0 Å². The molecule has 0 radical (unpaired) electrons. The highest BCUT2D eigenvalue weighted by molar-refractivity contribution is 7.16. The standard InChI is InChI=1S/C11H14ClN3S/c1-3-13-11(8-6-14-15(2)7-8)9-4-5-10(12)16-9/h4-7,11,13H,3H2,1-2H3. The van der Waals surface area contributed by atoms with Crippen molar-refractivity contribution in [1.29, 1.82) is 0 Å². The van der Waals surface area contributed by atoms with E-state index in [1.165, 1.54) is 10.4 Å². The SMILES string of the molecule is CCNC(c1cnn(C)c1)c1ccc(Cl)s1. The third kappa shape index (κ3) is 2.45. The molecule has 3 nitrogen and oxygen atoms in total. The fraction of sp³-hybridized carbons (Fsp3) is 0.364. The van der Waals surface area contributed by atoms with Crippen LogP contribution in [0.2, 0.25) is 4.34 Å². The number of thiophene rings is 1. The van der Waals surface area contributed by atoms with E-state index in [1.54, 1.807) is 11.3 Å². The van der Waals surface area contributed by atoms with Gasteiger partial charge in [-0.3, -0.25) is 4.68 Å². The Hall–Kier alpha value is -0.840. The number of aryl methyl sites for hydroxylation is 1. The molecule has 2 rings (SSSR count). The first-order valence-corrected chi connectivity index (χ1v) is 6.37. The van der Waals surface area contributed by atoms with E-state index in [0.717, 1.165) is 10.9 Å². The number of nitrogens with one attached hydrogen (secondary N) is 1. The van der Waals surface area contributed by atoms with Gasteiger partial charge in [0.2, 0.25) is 0 Å². The van der Waals surface area contributed by atoms with E-state index in [-0.39, 0.29) is 6.04 Å². The van der Waals surface area contributed by atoms with Gasteiger partial charge in [-0.25, -0.2) is 0 Å². The van der Waals surface area contributed by atoms with E-state index >= 15 is 0 Å². The summed E-state index contributed by atoms with van der Waals surface area (Å²) in [4.78, 5) is 1.22. The second-order valence-corrected chi connectivity index (χ2v) is 5.33. The summed E-state index contributed by atoms with van der Waals surface area (Å²) >= 11 is 7.57. The summed E-state index contributed by atoms with van der Waals surface area (Å²) in [5.74, 6) is 0. The van der Waals surface area contributed by atoms with E-state index in [2.05, 4.69) is 23.4 Å². The van der Waals surface area contributed by atoms with Crippen molar-refractivity contribution in [1.82, 2.24) is 15.1 Å². The Kier molecular flexibility index (Phi) is 3.63. The Morgan fingerprint density at radius 2 is 2.38 bits per heavy atom. The van der Waals surface area contributed by atoms with E-state index < -0.39 is 0 Å². The Morgan fingerprint density at radius 1 is 1.56 bits per heavy atom. The zero-order chi connectivity index (χ0) is 11.5. The number of hydrogen-bond donors (Lipinski definition) is 1. The van der Waals surface area contributed by atoms with Gasteiger partial charge in [-0.1, -0.05) is 18.5 Å². The van der Waals surface area contributed by atoms with Crippen LogP contribution in [0.25, 0.3) is 0 Å². The highest BCUT2D eigenvalue weighted by Gasteiger charge is 2.16. The van der Waals surface area contributed by atoms with Gasteiger partial charge in [-0.05, 0) is 18.7 Å². The minimum Gasteiger partial charge on any atom is -0.306 e. The number of nitrogens with zero attached hydrogens (tertiary/aromatic N) is 2. The van der Waals surface area contributed by atoms with Crippen molar-refractivity contribution in [3.63, 3.8) is 0 Å². The van der Waals surface area contributed by atoms with Gasteiger partial charge in [0.25, 0.3) is 0 Å². The molecule has 16 heavy (non-hydrogen) atoms. The summed E-state index contributed by atoms with van der Waals surface area (Å²) in [6.45, 7) is 3.01. The van der Waals surface area contributed by atoms with Crippen LogP contribution in [0.15, 0.2) is 24.5 Å². The molecule has 0 aliphatic heterocycles. The maximum absolute atomic E-state index is 5.97. The lowest BCUT2D eigenvalue weighted by Crippen LogP contribution is -2.20. The van der Waals surface area contributed by atoms with Gasteiger partial charge in [0, 0.05) is 23.7 Å². The lowest BCUT2D eigenvalue weighted by molar-refractivity contribution is 0.638. The van der Waals surface area contributed by atoms with Gasteiger partial charge in [0.1, 0.15) is 0 Å². The van der Waals surface area contributed by atoms with Crippen LogP contribution in [0.4, 0.5) is 0 Å². The predicted molar refractivity (Wildman–Crippen MR) is 68.1 cm³/mol. The zero-order valence-corrected chi connectivity index (χ0v) is 10.8. The van der Waals surface area contributed by atoms with E-state index in [9.17, 15) is 0 Å². The fourth-order valence-corrected chi connectivity index (χ4v) is 2.82. The Bertz CT molecular complexity index is 423. The maximum atomic E-state index is 5.97. The predicted octanol–water partition coefficient (Wildman–Crippen LogP) is 2.83. The van der Waals surface area contributed by atoms with Crippen molar-refractivity contribution in [2.75, 3.05) is 6.54 Å². The molecule has 0 aliphatic rings. The molecule has 0 saturated carbocycles. The fourth-order valence-electron chi connectivity index (χ4n) is 1.66. The van der Waals surface area contributed by atoms with Crippen LogP contribution >= 0.6 is 22.9 Å². The molecule has 0 amide bonds. The molecule has 2 aromatic heterocycles. The van der Waals surface area contributed by atoms with Crippen LogP contribution in [-0.2, 0) is 7.05 Å². The summed E-state index contributed by atoms with van der Waals surface area (Å²) in [5, 5.41) is 7.64. The van der Waals surface area contributed by atoms with Crippen LogP contribution in [0.1, 0.15) is 23.4 Å². The Morgan fingerprint density at radius 3 is 2.88 bits per heavy atom. The summed E-state index contributed by atoms with van der Waals surface area (Å²) in [5.41, 5.74) is 1.17. The van der Waals surface area contributed by atoms with Crippen molar-refractivity contribution in [3.05, 3.63) is 39.3 Å². The molecule has 2 heterocycles. The molecular formula is C11H14ClN3S. The number of halogens is 1. The van der Waals surface area contributed by atoms with Gasteiger partial charge in [0.15, 0.2) is 0 Å². The highest BCUT2D eigenvalue weighted by atomic mass is 35.5. The van der Waals surface area contributed by atoms with E-state index in [0.29, 0.717) is 0 Å². The van der Waals surface area contributed by atoms with Crippen molar-refractivity contribution in [3.8, 4) is 0 Å². The largest absolute Gasteiger partial charge is 0.306 e. The first-order valence-electron chi connectivity index (χ1n) is 5.18. The molecule has 1 N–H and O–H groups in total. The third-order valence-corrected chi connectivity index (χ3v) is 3.64. The van der Waals surface area contributed by atoms with Crippen LogP contribution in [-0.4, -0.2) is 16.3 Å². The third-order valence-electron chi connectivity index (χ3n) is 2.34. The summed E-state index contributed by atoms with van der Waals surface area (Å²) in [7, 11) is 1.92. The molecular weight excluding hydrogens is 242 g/mol. The minimum absolute atomic E-state index is 0.191. The first-order chi connectivity index (χ1) is 7.70. The Labute approximate surface area is 104 Å².